The van der Waals surface area contributed by atoms with Crippen LogP contribution in [-0.2, 0) is 15.8 Å². The van der Waals surface area contributed by atoms with Crippen molar-refractivity contribution in [2.24, 2.45) is 0 Å². The molecule has 3 N–H and O–H groups in total. The molecule has 4 aromatic carbocycles. The van der Waals surface area contributed by atoms with Gasteiger partial charge in [-0.05, 0) is 96.6 Å². The summed E-state index contributed by atoms with van der Waals surface area (Å²) in [7, 11) is 0. The Labute approximate surface area is 333 Å². The van der Waals surface area contributed by atoms with Crippen LogP contribution in [0.2, 0.25) is 0 Å². The number of halogens is 6. The van der Waals surface area contributed by atoms with Gasteiger partial charge in [0, 0.05) is 59.4 Å². The molecule has 6 rings (SSSR count). The predicted octanol–water partition coefficient (Wildman–Crippen LogP) is 9.96. The molecule has 0 aliphatic heterocycles. The van der Waals surface area contributed by atoms with Crippen LogP contribution in [0.25, 0.3) is 21.8 Å². The van der Waals surface area contributed by atoms with E-state index in [4.69, 9.17) is 9.47 Å². The van der Waals surface area contributed by atoms with E-state index in [-0.39, 0.29) is 24.5 Å². The molecule has 2 heterocycles. The fourth-order valence-corrected chi connectivity index (χ4v) is 6.34. The van der Waals surface area contributed by atoms with Crippen LogP contribution in [0.5, 0.6) is 17.2 Å². The Morgan fingerprint density at radius 3 is 2.03 bits per heavy atom. The Morgan fingerprint density at radius 2 is 1.39 bits per heavy atom. The lowest BCUT2D eigenvalue weighted by molar-refractivity contribution is -0.274. The fourth-order valence-electron chi connectivity index (χ4n) is 6.34. The number of nitrogens with one attached hydrogen (secondary N) is 1. The number of fused-ring (bicyclic) bond motifs is 2. The monoisotopic (exact) mass is 816 g/mol. The van der Waals surface area contributed by atoms with Crippen molar-refractivity contribution in [1.29, 1.82) is 0 Å². The number of aromatic nitrogens is 2. The van der Waals surface area contributed by atoms with Crippen molar-refractivity contribution in [2.45, 2.75) is 50.2 Å². The summed E-state index contributed by atoms with van der Waals surface area (Å²) in [6.45, 7) is 0.501. The van der Waals surface area contributed by atoms with E-state index in [1.54, 1.807) is 48.5 Å². The number of carboxylic acids is 2. The van der Waals surface area contributed by atoms with Crippen molar-refractivity contribution >= 4 is 33.7 Å². The summed E-state index contributed by atoms with van der Waals surface area (Å²) < 4.78 is 92.9. The number of carboxylic acid groups (broad SMARTS) is 2. The second-order valence-corrected chi connectivity index (χ2v) is 13.2. The third-order valence-corrected chi connectivity index (χ3v) is 9.02. The molecular formula is C44H34F6N2O7. The highest BCUT2D eigenvalue weighted by atomic mass is 19.4. The molecule has 2 aromatic heterocycles. The standard InChI is InChI=1S/C44H34F6N2O7/c45-43(46,47)31-15-12-28(13-16-31)8-3-1-5-23-58-33-17-14-30-20-21-52(38(30)26-33)40(42(55)56)39(41(53)54)36-27-51-37-25-32(18-19-35(36)37)57-22-6-2-4-9-29-10-7-11-34(24-29)59-44(48,49)50/h7,10-21,24-27,39-40,51H,1-2,5-6,22-23H2,(H,53,54)(H,55,56). The average Bonchev–Trinajstić information content (AvgIpc) is 3.79. The summed E-state index contributed by atoms with van der Waals surface area (Å²) in [4.78, 5) is 28.8. The SMILES string of the molecule is O=C(O)C(c1c[nH]c2cc(OCCCC#Cc3cccc(OC(F)(F)F)c3)ccc12)C(C(=O)O)n1ccc2ccc(OCCCC#Cc3ccc(C(F)(F)F)cc3)cc21. The molecule has 59 heavy (non-hydrogen) atoms. The summed E-state index contributed by atoms with van der Waals surface area (Å²) in [5.74, 6) is 7.70. The largest absolute Gasteiger partial charge is 0.573 e. The second-order valence-electron chi connectivity index (χ2n) is 13.2. The zero-order valence-corrected chi connectivity index (χ0v) is 30.9. The van der Waals surface area contributed by atoms with E-state index in [1.807, 2.05) is 0 Å². The lowest BCUT2D eigenvalue weighted by Crippen LogP contribution is -2.30. The summed E-state index contributed by atoms with van der Waals surface area (Å²) in [5.41, 5.74) is 1.27. The molecule has 0 aliphatic rings. The van der Waals surface area contributed by atoms with Gasteiger partial charge in [-0.1, -0.05) is 29.7 Å². The average molecular weight is 817 g/mol. The number of rotatable bonds is 14. The van der Waals surface area contributed by atoms with Crippen molar-refractivity contribution in [3.63, 3.8) is 0 Å². The minimum absolute atomic E-state index is 0.241. The molecule has 0 saturated carbocycles. The number of hydrogen-bond acceptors (Lipinski definition) is 5. The van der Waals surface area contributed by atoms with E-state index in [1.165, 1.54) is 47.3 Å². The number of benzene rings is 4. The molecular weight excluding hydrogens is 782 g/mol. The first-order valence-electron chi connectivity index (χ1n) is 18.1. The summed E-state index contributed by atoms with van der Waals surface area (Å²) >= 11 is 0. The molecule has 0 amide bonds. The van der Waals surface area contributed by atoms with Gasteiger partial charge in [-0.3, -0.25) is 4.79 Å². The van der Waals surface area contributed by atoms with Gasteiger partial charge in [0.15, 0.2) is 0 Å². The minimum atomic E-state index is -4.80. The van der Waals surface area contributed by atoms with E-state index >= 15 is 0 Å². The Balaban J connectivity index is 1.08. The normalized spacial score (nSPS) is 12.5. The number of aliphatic carboxylic acids is 2. The van der Waals surface area contributed by atoms with Crippen LogP contribution in [0, 0.1) is 23.7 Å². The van der Waals surface area contributed by atoms with Crippen LogP contribution >= 0.6 is 0 Å². The molecule has 0 fully saturated rings. The van der Waals surface area contributed by atoms with Crippen LogP contribution in [0.15, 0.2) is 103 Å². The zero-order chi connectivity index (χ0) is 42.2. The quantitative estimate of drug-likeness (QED) is 0.0568. The van der Waals surface area contributed by atoms with E-state index in [9.17, 15) is 46.1 Å². The first kappa shape index (κ1) is 41.6. The highest BCUT2D eigenvalue weighted by Crippen LogP contribution is 2.38. The van der Waals surface area contributed by atoms with Crippen LogP contribution in [0.1, 0.15) is 59.9 Å². The van der Waals surface area contributed by atoms with Gasteiger partial charge >= 0.3 is 24.5 Å². The lowest BCUT2D eigenvalue weighted by atomic mass is 9.90. The topological polar surface area (TPSA) is 123 Å². The van der Waals surface area contributed by atoms with Gasteiger partial charge in [0.05, 0.1) is 24.3 Å². The van der Waals surface area contributed by atoms with Crippen LogP contribution in [0.4, 0.5) is 26.3 Å². The molecule has 6 aromatic rings. The Kier molecular flexibility index (Phi) is 12.7. The molecule has 0 bridgehead atoms. The number of unbranched alkanes of at least 4 members (excludes halogenated alkanes) is 2. The number of aromatic amines is 1. The maximum Gasteiger partial charge on any atom is 0.573 e. The molecule has 2 unspecified atom stereocenters. The Morgan fingerprint density at radius 1 is 0.729 bits per heavy atom. The van der Waals surface area contributed by atoms with Gasteiger partial charge in [0.2, 0.25) is 0 Å². The summed E-state index contributed by atoms with van der Waals surface area (Å²) in [6.07, 6.45) is -4.44. The van der Waals surface area contributed by atoms with E-state index in [2.05, 4.69) is 33.4 Å². The summed E-state index contributed by atoms with van der Waals surface area (Å²) in [6, 6.07) is 20.1. The first-order valence-corrected chi connectivity index (χ1v) is 18.1. The summed E-state index contributed by atoms with van der Waals surface area (Å²) in [5, 5.41) is 22.1. The Bertz CT molecular complexity index is 2570. The van der Waals surface area contributed by atoms with Crippen LogP contribution in [0.3, 0.4) is 0 Å². The number of carbonyl (C=O) groups is 2. The maximum absolute atomic E-state index is 12.9. The zero-order valence-electron chi connectivity index (χ0n) is 30.9. The highest BCUT2D eigenvalue weighted by molar-refractivity contribution is 5.94. The number of hydrogen-bond donors (Lipinski definition) is 3. The van der Waals surface area contributed by atoms with E-state index in [0.29, 0.717) is 70.1 Å². The van der Waals surface area contributed by atoms with Crippen molar-refractivity contribution < 1.29 is 60.4 Å². The third-order valence-electron chi connectivity index (χ3n) is 9.02. The van der Waals surface area contributed by atoms with Gasteiger partial charge < -0.3 is 34.0 Å². The van der Waals surface area contributed by atoms with E-state index < -0.39 is 42.0 Å². The lowest BCUT2D eigenvalue weighted by Gasteiger charge is -2.23. The number of nitrogens with zero attached hydrogens (tertiary/aromatic N) is 1. The van der Waals surface area contributed by atoms with Gasteiger partial charge in [-0.15, -0.1) is 13.2 Å². The van der Waals surface area contributed by atoms with Gasteiger partial charge in [0.1, 0.15) is 29.2 Å². The smallest absolute Gasteiger partial charge is 0.493 e. The van der Waals surface area contributed by atoms with Crippen LogP contribution in [-0.4, -0.2) is 51.3 Å². The molecule has 0 spiro atoms. The van der Waals surface area contributed by atoms with Crippen LogP contribution < -0.4 is 14.2 Å². The second kappa shape index (κ2) is 18.1. The van der Waals surface area contributed by atoms with Gasteiger partial charge in [-0.25, -0.2) is 4.79 Å². The first-order chi connectivity index (χ1) is 28.2. The van der Waals surface area contributed by atoms with Crippen molar-refractivity contribution in [3.05, 3.63) is 126 Å². The minimum Gasteiger partial charge on any atom is -0.493 e. The number of alkyl halides is 6. The van der Waals surface area contributed by atoms with Gasteiger partial charge in [0.25, 0.3) is 0 Å². The van der Waals surface area contributed by atoms with E-state index in [0.717, 1.165) is 12.1 Å². The molecule has 0 saturated heterocycles. The molecule has 2 atom stereocenters. The Hall–Kier alpha value is -7.00. The fraction of sp³-hybridized carbons (Fsp3) is 0.227. The number of H-pyrrole nitrogens is 1. The van der Waals surface area contributed by atoms with Crippen molar-refractivity contribution in [3.8, 4) is 40.9 Å². The molecule has 0 aliphatic carbocycles. The van der Waals surface area contributed by atoms with Crippen molar-refractivity contribution in [2.75, 3.05) is 13.2 Å². The predicted molar refractivity (Wildman–Crippen MR) is 205 cm³/mol. The third kappa shape index (κ3) is 10.9. The van der Waals surface area contributed by atoms with Crippen molar-refractivity contribution in [1.82, 2.24) is 9.55 Å². The molecule has 9 nitrogen and oxygen atoms in total. The highest BCUT2D eigenvalue weighted by Gasteiger charge is 2.39. The number of ether oxygens (including phenoxy) is 3. The molecule has 0 radical (unpaired) electrons. The van der Waals surface area contributed by atoms with Gasteiger partial charge in [-0.2, -0.15) is 13.2 Å². The molecule has 15 heteroatoms. The maximum atomic E-state index is 12.9. The molecule has 304 valence electrons.